The van der Waals surface area contributed by atoms with E-state index in [-0.39, 0.29) is 18.7 Å². The van der Waals surface area contributed by atoms with Crippen molar-refractivity contribution in [2.75, 3.05) is 13.2 Å². The molecule has 136 valence electrons. The van der Waals surface area contributed by atoms with Crippen LogP contribution in [0.3, 0.4) is 0 Å². The molecule has 1 aromatic rings. The maximum absolute atomic E-state index is 12.6. The van der Waals surface area contributed by atoms with E-state index in [1.165, 1.54) is 12.8 Å². The average Bonchev–Trinajstić information content (AvgIpc) is 3.38. The third-order valence-corrected chi connectivity index (χ3v) is 5.90. The Hall–Kier alpha value is -1.43. The maximum atomic E-state index is 12.6. The van der Waals surface area contributed by atoms with Crippen molar-refractivity contribution < 1.29 is 19.4 Å². The molecule has 4 rings (SSSR count). The molecule has 3 saturated heterocycles. The molecule has 3 aliphatic heterocycles. The number of piperidine rings is 1. The number of hydrogen-bond donors (Lipinski definition) is 1. The molecule has 0 aliphatic carbocycles. The van der Waals surface area contributed by atoms with E-state index in [0.29, 0.717) is 24.3 Å². The summed E-state index contributed by atoms with van der Waals surface area (Å²) in [6.07, 6.45) is 4.72. The molecule has 0 spiro atoms. The van der Waals surface area contributed by atoms with E-state index in [2.05, 4.69) is 11.8 Å². The van der Waals surface area contributed by atoms with E-state index < -0.39 is 5.92 Å². The summed E-state index contributed by atoms with van der Waals surface area (Å²) in [6, 6.07) is 10.2. The summed E-state index contributed by atoms with van der Waals surface area (Å²) in [7, 11) is 0. The molecule has 1 aromatic carbocycles. The molecule has 3 fully saturated rings. The second-order valence-electron chi connectivity index (χ2n) is 7.47. The fraction of sp³-hybridized carbons (Fsp3) is 0.650. The molecule has 1 N–H and O–H groups in total. The number of aliphatic hydroxyl groups excluding tert-OH is 1. The largest absolute Gasteiger partial charge is 0.462 e. The van der Waals surface area contributed by atoms with Crippen molar-refractivity contribution in [3.8, 4) is 0 Å². The van der Waals surface area contributed by atoms with Gasteiger partial charge in [-0.25, -0.2) is 0 Å². The fourth-order valence-corrected chi connectivity index (χ4v) is 4.57. The van der Waals surface area contributed by atoms with Gasteiger partial charge in [-0.15, -0.1) is 0 Å². The number of carbonyl (C=O) groups excluding carboxylic acids is 1. The molecule has 4 unspecified atom stereocenters. The molecule has 3 aliphatic rings. The van der Waals surface area contributed by atoms with Crippen molar-refractivity contribution in [1.82, 2.24) is 4.90 Å². The molecule has 0 aromatic heterocycles. The molecule has 25 heavy (non-hydrogen) atoms. The zero-order valence-electron chi connectivity index (χ0n) is 14.7. The van der Waals surface area contributed by atoms with Crippen LogP contribution in [0, 0.1) is 0 Å². The number of carbonyl (C=O) groups is 1. The Balaban J connectivity index is 1.39. The molecule has 6 atom stereocenters. The second kappa shape index (κ2) is 7.06. The molecule has 0 saturated carbocycles. The maximum Gasteiger partial charge on any atom is 0.316 e. The highest BCUT2D eigenvalue weighted by atomic mass is 16.6. The third-order valence-electron chi connectivity index (χ3n) is 5.90. The predicted octanol–water partition coefficient (Wildman–Crippen LogP) is 2.09. The molecule has 5 heteroatoms. The lowest BCUT2D eigenvalue weighted by Gasteiger charge is -2.40. The van der Waals surface area contributed by atoms with Crippen molar-refractivity contribution in [3.05, 3.63) is 35.9 Å². The summed E-state index contributed by atoms with van der Waals surface area (Å²) in [5, 5.41) is 9.65. The zero-order valence-corrected chi connectivity index (χ0v) is 14.7. The van der Waals surface area contributed by atoms with Gasteiger partial charge in [-0.1, -0.05) is 43.7 Å². The van der Waals surface area contributed by atoms with Crippen molar-refractivity contribution >= 4 is 5.97 Å². The van der Waals surface area contributed by atoms with Crippen LogP contribution in [0.2, 0.25) is 0 Å². The minimum absolute atomic E-state index is 0.0606. The monoisotopic (exact) mass is 345 g/mol. The van der Waals surface area contributed by atoms with Crippen LogP contribution in [0.25, 0.3) is 0 Å². The lowest BCUT2D eigenvalue weighted by atomic mass is 9.97. The van der Waals surface area contributed by atoms with Crippen LogP contribution in [0.5, 0.6) is 0 Å². The van der Waals surface area contributed by atoms with Gasteiger partial charge in [0.1, 0.15) is 24.2 Å². The van der Waals surface area contributed by atoms with E-state index in [0.717, 1.165) is 24.9 Å². The first-order valence-electron chi connectivity index (χ1n) is 9.50. The number of aliphatic hydroxyl groups is 1. The molecule has 3 heterocycles. The highest BCUT2D eigenvalue weighted by Crippen LogP contribution is 2.49. The standard InChI is InChI=1S/C20H27NO4/c1-2-3-9-21-16-10-14(11-17(21)19-18(16)25-19)24-20(23)15(12-22)13-7-5-4-6-8-13/h4-8,14-19,22H,2-3,9-12H2,1H3/t14?,15?,16-,17?,18+,19?/m0/s1. The molecule has 5 nitrogen and oxygen atoms in total. The van der Waals surface area contributed by atoms with Gasteiger partial charge in [0, 0.05) is 24.9 Å². The number of benzene rings is 1. The highest BCUT2D eigenvalue weighted by Gasteiger charge is 2.63. The van der Waals surface area contributed by atoms with E-state index >= 15 is 0 Å². The quantitative estimate of drug-likeness (QED) is 0.606. The molecule has 0 amide bonds. The topological polar surface area (TPSA) is 62.3 Å². The number of nitrogens with zero attached hydrogens (tertiary/aromatic N) is 1. The lowest BCUT2D eigenvalue weighted by molar-refractivity contribution is -0.157. The van der Waals surface area contributed by atoms with Crippen molar-refractivity contribution in [3.63, 3.8) is 0 Å². The summed E-state index contributed by atoms with van der Waals surface area (Å²) < 4.78 is 11.6. The van der Waals surface area contributed by atoms with Crippen LogP contribution in [-0.4, -0.2) is 59.5 Å². The van der Waals surface area contributed by atoms with Crippen LogP contribution in [-0.2, 0) is 14.3 Å². The fourth-order valence-electron chi connectivity index (χ4n) is 4.57. The summed E-state index contributed by atoms with van der Waals surface area (Å²) in [5.41, 5.74) is 0.810. The third kappa shape index (κ3) is 3.21. The van der Waals surface area contributed by atoms with E-state index in [9.17, 15) is 9.90 Å². The summed E-state index contributed by atoms with van der Waals surface area (Å²) >= 11 is 0. The van der Waals surface area contributed by atoms with Gasteiger partial charge < -0.3 is 14.6 Å². The normalized spacial score (nSPS) is 34.4. The Morgan fingerprint density at radius 1 is 1.28 bits per heavy atom. The van der Waals surface area contributed by atoms with Gasteiger partial charge in [-0.05, 0) is 18.5 Å². The smallest absolute Gasteiger partial charge is 0.316 e. The average molecular weight is 345 g/mol. The number of fused-ring (bicyclic) bond motifs is 5. The van der Waals surface area contributed by atoms with E-state index in [4.69, 9.17) is 9.47 Å². The SMILES string of the molecule is CCCCN1C2CC(OC(=O)C(CO)c3ccccc3)C[C@H]1[C@H]1OC21. The van der Waals surface area contributed by atoms with Gasteiger partial charge in [-0.2, -0.15) is 0 Å². The van der Waals surface area contributed by atoms with Gasteiger partial charge >= 0.3 is 5.97 Å². The van der Waals surface area contributed by atoms with Crippen molar-refractivity contribution in [2.45, 2.75) is 68.9 Å². The Morgan fingerprint density at radius 2 is 1.96 bits per heavy atom. The van der Waals surface area contributed by atoms with Crippen molar-refractivity contribution in [2.24, 2.45) is 0 Å². The zero-order chi connectivity index (χ0) is 17.4. The van der Waals surface area contributed by atoms with Gasteiger partial charge in [-0.3, -0.25) is 9.69 Å². The van der Waals surface area contributed by atoms with Crippen LogP contribution >= 0.6 is 0 Å². The predicted molar refractivity (Wildman–Crippen MR) is 93.2 cm³/mol. The summed E-state index contributed by atoms with van der Waals surface area (Å²) in [5.74, 6) is -0.905. The Morgan fingerprint density at radius 3 is 2.56 bits per heavy atom. The first kappa shape index (κ1) is 17.0. The Kier molecular flexibility index (Phi) is 4.80. The van der Waals surface area contributed by atoms with Crippen LogP contribution in [0.4, 0.5) is 0 Å². The van der Waals surface area contributed by atoms with Gasteiger partial charge in [0.2, 0.25) is 0 Å². The number of hydrogen-bond acceptors (Lipinski definition) is 5. The number of esters is 1. The molecule has 2 bridgehead atoms. The number of ether oxygens (including phenoxy) is 2. The summed E-state index contributed by atoms with van der Waals surface area (Å²) in [6.45, 7) is 3.11. The highest BCUT2D eigenvalue weighted by molar-refractivity contribution is 5.78. The van der Waals surface area contributed by atoms with Crippen molar-refractivity contribution in [1.29, 1.82) is 0 Å². The first-order valence-corrected chi connectivity index (χ1v) is 9.50. The van der Waals surface area contributed by atoms with E-state index in [1.54, 1.807) is 0 Å². The molecular formula is C20H27NO4. The lowest BCUT2D eigenvalue weighted by Crippen LogP contribution is -2.50. The number of unbranched alkanes of at least 4 members (excludes halogenated alkanes) is 1. The van der Waals surface area contributed by atoms with Gasteiger partial charge in [0.15, 0.2) is 0 Å². The van der Waals surface area contributed by atoms with Gasteiger partial charge in [0.05, 0.1) is 6.61 Å². The number of epoxide rings is 1. The van der Waals surface area contributed by atoms with E-state index in [1.807, 2.05) is 30.3 Å². The molecular weight excluding hydrogens is 318 g/mol. The van der Waals surface area contributed by atoms with Crippen LogP contribution in [0.1, 0.15) is 44.1 Å². The summed E-state index contributed by atoms with van der Waals surface area (Å²) in [4.78, 5) is 15.2. The first-order chi connectivity index (χ1) is 12.2. The Bertz CT molecular complexity index is 589. The minimum Gasteiger partial charge on any atom is -0.462 e. The minimum atomic E-state index is -0.595. The van der Waals surface area contributed by atoms with Crippen LogP contribution in [0.15, 0.2) is 30.3 Å². The second-order valence-corrected chi connectivity index (χ2v) is 7.47. The van der Waals surface area contributed by atoms with Crippen LogP contribution < -0.4 is 0 Å². The number of morpholine rings is 1. The molecule has 0 radical (unpaired) electrons. The number of rotatable bonds is 7. The Labute approximate surface area is 148 Å². The van der Waals surface area contributed by atoms with Gasteiger partial charge in [0.25, 0.3) is 0 Å².